The van der Waals surface area contributed by atoms with E-state index in [4.69, 9.17) is 14.5 Å². The third-order valence-electron chi connectivity index (χ3n) is 2.40. The van der Waals surface area contributed by atoms with Crippen molar-refractivity contribution in [3.63, 3.8) is 0 Å². The Balaban J connectivity index is 3.93. The van der Waals surface area contributed by atoms with Crippen LogP contribution in [0.1, 0.15) is 27.2 Å². The Morgan fingerprint density at radius 2 is 2.07 bits per heavy atom. The third-order valence-corrected chi connectivity index (χ3v) is 2.40. The van der Waals surface area contributed by atoms with E-state index in [1.807, 2.05) is 20.8 Å². The molecule has 0 spiro atoms. The van der Waals surface area contributed by atoms with Gasteiger partial charge < -0.3 is 9.84 Å². The zero-order chi connectivity index (χ0) is 11.9. The molecule has 15 heavy (non-hydrogen) atoms. The van der Waals surface area contributed by atoms with Crippen molar-refractivity contribution >= 4 is 0 Å². The molecular formula is C11H22O4. The van der Waals surface area contributed by atoms with Crippen LogP contribution in [0.4, 0.5) is 0 Å². The highest BCUT2D eigenvalue weighted by Crippen LogP contribution is 2.26. The van der Waals surface area contributed by atoms with Crippen molar-refractivity contribution < 1.29 is 19.6 Å². The van der Waals surface area contributed by atoms with Crippen LogP contribution >= 0.6 is 0 Å². The van der Waals surface area contributed by atoms with Gasteiger partial charge in [0.05, 0.1) is 6.61 Å². The van der Waals surface area contributed by atoms with E-state index in [9.17, 15) is 5.11 Å². The first kappa shape index (κ1) is 14.6. The summed E-state index contributed by atoms with van der Waals surface area (Å²) in [7, 11) is 1.47. The quantitative estimate of drug-likeness (QED) is 0.222. The Bertz CT molecular complexity index is 193. The van der Waals surface area contributed by atoms with Crippen LogP contribution in [0.15, 0.2) is 12.2 Å². The van der Waals surface area contributed by atoms with Crippen molar-refractivity contribution in [3.05, 3.63) is 12.2 Å². The highest BCUT2D eigenvalue weighted by Gasteiger charge is 2.32. The SMILES string of the molecule is C=C(C)COOCC(C)(CC)C(O)OC. The second-order valence-electron chi connectivity index (χ2n) is 4.08. The minimum Gasteiger partial charge on any atom is -0.367 e. The second-order valence-corrected chi connectivity index (χ2v) is 4.08. The maximum absolute atomic E-state index is 9.61. The fourth-order valence-electron chi connectivity index (χ4n) is 0.951. The molecule has 0 aliphatic rings. The average Bonchev–Trinajstić information content (AvgIpc) is 2.22. The molecule has 90 valence electrons. The van der Waals surface area contributed by atoms with Crippen molar-refractivity contribution in [2.75, 3.05) is 20.3 Å². The lowest BCUT2D eigenvalue weighted by Crippen LogP contribution is -2.37. The van der Waals surface area contributed by atoms with Crippen LogP contribution in [-0.2, 0) is 14.5 Å². The van der Waals surface area contributed by atoms with Gasteiger partial charge in [-0.25, -0.2) is 9.78 Å². The van der Waals surface area contributed by atoms with Gasteiger partial charge in [-0.1, -0.05) is 26.0 Å². The third kappa shape index (κ3) is 5.28. The molecule has 0 heterocycles. The topological polar surface area (TPSA) is 47.9 Å². The van der Waals surface area contributed by atoms with E-state index in [1.165, 1.54) is 7.11 Å². The highest BCUT2D eigenvalue weighted by atomic mass is 17.2. The van der Waals surface area contributed by atoms with Gasteiger partial charge >= 0.3 is 0 Å². The van der Waals surface area contributed by atoms with E-state index in [2.05, 4.69) is 6.58 Å². The summed E-state index contributed by atoms with van der Waals surface area (Å²) in [6.07, 6.45) is -0.116. The van der Waals surface area contributed by atoms with Gasteiger partial charge in [0, 0.05) is 12.5 Å². The second kappa shape index (κ2) is 6.95. The number of rotatable bonds is 8. The van der Waals surface area contributed by atoms with Gasteiger partial charge in [0.25, 0.3) is 0 Å². The number of aliphatic hydroxyl groups excluding tert-OH is 1. The Morgan fingerprint density at radius 1 is 1.47 bits per heavy atom. The van der Waals surface area contributed by atoms with Crippen molar-refractivity contribution in [2.45, 2.75) is 33.5 Å². The lowest BCUT2D eigenvalue weighted by atomic mass is 9.88. The van der Waals surface area contributed by atoms with E-state index in [0.717, 1.165) is 12.0 Å². The summed E-state index contributed by atoms with van der Waals surface area (Å²) in [6, 6.07) is 0. The molecule has 0 aromatic carbocycles. The molecule has 1 N–H and O–H groups in total. The Labute approximate surface area is 91.8 Å². The lowest BCUT2D eigenvalue weighted by molar-refractivity contribution is -0.319. The minimum atomic E-state index is -0.851. The molecule has 0 amide bonds. The summed E-state index contributed by atoms with van der Waals surface area (Å²) in [5, 5.41) is 9.61. The van der Waals surface area contributed by atoms with Crippen LogP contribution in [0.25, 0.3) is 0 Å². The predicted octanol–water partition coefficient (Wildman–Crippen LogP) is 1.89. The van der Waals surface area contributed by atoms with Crippen LogP contribution in [0, 0.1) is 5.41 Å². The fraction of sp³-hybridized carbons (Fsp3) is 0.818. The number of aliphatic hydroxyl groups is 1. The van der Waals surface area contributed by atoms with Gasteiger partial charge in [-0.2, -0.15) is 0 Å². The average molecular weight is 218 g/mol. The van der Waals surface area contributed by atoms with Crippen LogP contribution in [0.2, 0.25) is 0 Å². The van der Waals surface area contributed by atoms with Crippen LogP contribution < -0.4 is 0 Å². The molecule has 0 saturated heterocycles. The molecule has 2 unspecified atom stereocenters. The zero-order valence-electron chi connectivity index (χ0n) is 10.1. The summed E-state index contributed by atoms with van der Waals surface area (Å²) >= 11 is 0. The van der Waals surface area contributed by atoms with Crippen molar-refractivity contribution in [2.24, 2.45) is 5.41 Å². The summed E-state index contributed by atoms with van der Waals surface area (Å²) in [5.74, 6) is 0. The number of ether oxygens (including phenoxy) is 1. The molecule has 4 heteroatoms. The monoisotopic (exact) mass is 218 g/mol. The standard InChI is InChI=1S/C11H22O4/c1-6-11(4,10(12)13-5)8-15-14-7-9(2)3/h10,12H,2,6-8H2,1,3-5H3. The van der Waals surface area contributed by atoms with Crippen molar-refractivity contribution in [1.82, 2.24) is 0 Å². The Hall–Kier alpha value is -0.420. The summed E-state index contributed by atoms with van der Waals surface area (Å²) < 4.78 is 4.89. The number of hydrogen-bond acceptors (Lipinski definition) is 4. The molecule has 0 radical (unpaired) electrons. The predicted molar refractivity (Wildman–Crippen MR) is 58.1 cm³/mol. The van der Waals surface area contributed by atoms with Gasteiger partial charge in [-0.05, 0) is 13.3 Å². The van der Waals surface area contributed by atoms with E-state index < -0.39 is 11.7 Å². The van der Waals surface area contributed by atoms with Gasteiger partial charge in [0.1, 0.15) is 6.61 Å². The maximum atomic E-state index is 9.61. The van der Waals surface area contributed by atoms with Gasteiger partial charge in [0.15, 0.2) is 6.29 Å². The zero-order valence-corrected chi connectivity index (χ0v) is 10.1. The molecular weight excluding hydrogens is 196 g/mol. The highest BCUT2D eigenvalue weighted by molar-refractivity contribution is 4.86. The molecule has 0 saturated carbocycles. The molecule has 0 rings (SSSR count). The normalized spacial score (nSPS) is 17.1. The molecule has 2 atom stereocenters. The summed E-state index contributed by atoms with van der Waals surface area (Å²) in [6.45, 7) is 10.0. The van der Waals surface area contributed by atoms with Gasteiger partial charge in [-0.15, -0.1) is 0 Å². The molecule has 0 aliphatic carbocycles. The maximum Gasteiger partial charge on any atom is 0.161 e. The Kier molecular flexibility index (Phi) is 6.76. The van der Waals surface area contributed by atoms with Gasteiger partial charge in [-0.3, -0.25) is 0 Å². The van der Waals surface area contributed by atoms with Crippen LogP contribution in [0.5, 0.6) is 0 Å². The molecule has 0 fully saturated rings. The molecule has 0 aromatic heterocycles. The van der Waals surface area contributed by atoms with E-state index in [1.54, 1.807) is 0 Å². The largest absolute Gasteiger partial charge is 0.367 e. The first-order valence-corrected chi connectivity index (χ1v) is 5.06. The summed E-state index contributed by atoms with van der Waals surface area (Å²) in [4.78, 5) is 9.94. The van der Waals surface area contributed by atoms with Crippen molar-refractivity contribution in [3.8, 4) is 0 Å². The minimum absolute atomic E-state index is 0.284. The van der Waals surface area contributed by atoms with E-state index in [-0.39, 0.29) is 6.61 Å². The number of hydrogen-bond donors (Lipinski definition) is 1. The molecule has 0 bridgehead atoms. The van der Waals surface area contributed by atoms with Crippen LogP contribution in [-0.4, -0.2) is 31.7 Å². The fourth-order valence-corrected chi connectivity index (χ4v) is 0.951. The first-order valence-electron chi connectivity index (χ1n) is 5.06. The first-order chi connectivity index (χ1) is 6.96. The summed E-state index contributed by atoms with van der Waals surface area (Å²) in [5.41, 5.74) is 0.435. The van der Waals surface area contributed by atoms with Crippen molar-refractivity contribution in [1.29, 1.82) is 0 Å². The smallest absolute Gasteiger partial charge is 0.161 e. The van der Waals surface area contributed by atoms with E-state index >= 15 is 0 Å². The van der Waals surface area contributed by atoms with E-state index in [0.29, 0.717) is 6.61 Å². The Morgan fingerprint density at radius 3 is 2.47 bits per heavy atom. The number of methoxy groups -OCH3 is 1. The molecule has 4 nitrogen and oxygen atoms in total. The lowest BCUT2D eigenvalue weighted by Gasteiger charge is -2.31. The molecule has 0 aliphatic heterocycles. The van der Waals surface area contributed by atoms with Gasteiger partial charge in [0.2, 0.25) is 0 Å². The van der Waals surface area contributed by atoms with Crippen LogP contribution in [0.3, 0.4) is 0 Å². The molecule has 0 aromatic rings.